The van der Waals surface area contributed by atoms with Gasteiger partial charge in [0.2, 0.25) is 5.95 Å². The third-order valence-electron chi connectivity index (χ3n) is 4.93. The van der Waals surface area contributed by atoms with Crippen molar-refractivity contribution in [3.8, 4) is 0 Å². The van der Waals surface area contributed by atoms with Crippen LogP contribution in [0, 0.1) is 0 Å². The first-order valence-electron chi connectivity index (χ1n) is 9.22. The summed E-state index contributed by atoms with van der Waals surface area (Å²) in [6.45, 7) is 5.38. The molecule has 7 heteroatoms. The van der Waals surface area contributed by atoms with Crippen molar-refractivity contribution in [2.24, 2.45) is 0 Å². The molecule has 138 valence electrons. The van der Waals surface area contributed by atoms with Crippen molar-refractivity contribution < 1.29 is 4.74 Å². The topological polar surface area (TPSA) is 53.5 Å². The van der Waals surface area contributed by atoms with Gasteiger partial charge in [-0.3, -0.25) is 0 Å². The van der Waals surface area contributed by atoms with E-state index in [2.05, 4.69) is 31.2 Å². The first-order chi connectivity index (χ1) is 12.8. The molecular weight excluding hydrogens is 350 g/mol. The smallest absolute Gasteiger partial charge is 0.224 e. The van der Waals surface area contributed by atoms with Crippen LogP contribution in [-0.4, -0.2) is 55.4 Å². The molecule has 1 N–H and O–H groups in total. The largest absolute Gasteiger partial charge is 0.376 e. The number of nitrogens with one attached hydrogen (secondary N) is 1. The molecule has 1 atom stereocenters. The average molecular weight is 374 g/mol. The zero-order chi connectivity index (χ0) is 17.8. The summed E-state index contributed by atoms with van der Waals surface area (Å²) in [5.41, 5.74) is 1.18. The van der Waals surface area contributed by atoms with Crippen LogP contribution in [-0.2, 0) is 4.74 Å². The third-order valence-corrected chi connectivity index (χ3v) is 5.16. The van der Waals surface area contributed by atoms with E-state index in [4.69, 9.17) is 16.3 Å². The van der Waals surface area contributed by atoms with Gasteiger partial charge >= 0.3 is 0 Å². The molecule has 1 unspecified atom stereocenters. The average Bonchev–Trinajstić information content (AvgIpc) is 3.20. The highest BCUT2D eigenvalue weighted by atomic mass is 35.5. The number of hydrogen-bond acceptors (Lipinski definition) is 6. The lowest BCUT2D eigenvalue weighted by Gasteiger charge is -2.36. The summed E-state index contributed by atoms with van der Waals surface area (Å²) in [5, 5.41) is 4.09. The summed E-state index contributed by atoms with van der Waals surface area (Å²) in [6.07, 6.45) is 4.36. The Kier molecular flexibility index (Phi) is 5.41. The highest BCUT2D eigenvalue weighted by molar-refractivity contribution is 6.30. The maximum atomic E-state index is 6.11. The van der Waals surface area contributed by atoms with Gasteiger partial charge in [-0.05, 0) is 37.1 Å². The van der Waals surface area contributed by atoms with E-state index in [9.17, 15) is 0 Å². The second-order valence-electron chi connectivity index (χ2n) is 6.71. The van der Waals surface area contributed by atoms with Gasteiger partial charge in [0.05, 0.1) is 6.10 Å². The van der Waals surface area contributed by atoms with Crippen molar-refractivity contribution in [2.45, 2.75) is 18.9 Å². The van der Waals surface area contributed by atoms with Gasteiger partial charge < -0.3 is 19.9 Å². The second kappa shape index (κ2) is 8.10. The Hall–Kier alpha value is -2.05. The van der Waals surface area contributed by atoms with Gasteiger partial charge in [-0.25, -0.2) is 4.98 Å². The summed E-state index contributed by atoms with van der Waals surface area (Å²) >= 11 is 6.11. The highest BCUT2D eigenvalue weighted by Gasteiger charge is 2.19. The van der Waals surface area contributed by atoms with Gasteiger partial charge in [-0.2, -0.15) is 4.98 Å². The molecule has 4 rings (SSSR count). The first-order valence-corrected chi connectivity index (χ1v) is 9.60. The number of anilines is 3. The minimum absolute atomic E-state index is 0.281. The molecule has 1 aromatic carbocycles. The number of benzene rings is 1. The molecule has 2 saturated heterocycles. The third kappa shape index (κ3) is 4.19. The van der Waals surface area contributed by atoms with E-state index in [1.165, 1.54) is 5.69 Å². The number of rotatable bonds is 5. The van der Waals surface area contributed by atoms with E-state index < -0.39 is 0 Å². The maximum absolute atomic E-state index is 6.11. The Bertz CT molecular complexity index is 729. The predicted molar refractivity (Wildman–Crippen MR) is 105 cm³/mol. The molecule has 2 aliphatic rings. The molecule has 0 spiro atoms. The number of aromatic nitrogens is 2. The summed E-state index contributed by atoms with van der Waals surface area (Å²) in [6, 6.07) is 10.0. The van der Waals surface area contributed by atoms with Gasteiger partial charge in [0.25, 0.3) is 0 Å². The van der Waals surface area contributed by atoms with Gasteiger partial charge in [0, 0.05) is 56.2 Å². The lowest BCUT2D eigenvalue weighted by atomic mass is 10.2. The minimum atomic E-state index is 0.281. The number of hydrogen-bond donors (Lipinski definition) is 1. The van der Waals surface area contributed by atoms with Crippen molar-refractivity contribution in [3.05, 3.63) is 41.6 Å². The van der Waals surface area contributed by atoms with Gasteiger partial charge in [-0.1, -0.05) is 17.7 Å². The second-order valence-corrected chi connectivity index (χ2v) is 7.14. The van der Waals surface area contributed by atoms with E-state index in [0.29, 0.717) is 5.95 Å². The Morgan fingerprint density at radius 2 is 2.00 bits per heavy atom. The molecule has 1 aromatic heterocycles. The van der Waals surface area contributed by atoms with Gasteiger partial charge in [0.15, 0.2) is 0 Å². The van der Waals surface area contributed by atoms with Gasteiger partial charge in [-0.15, -0.1) is 0 Å². The van der Waals surface area contributed by atoms with Crippen LogP contribution >= 0.6 is 11.6 Å². The molecule has 0 bridgehead atoms. The SMILES string of the molecule is Clc1cccc(N2CCN(c3ccnc(NCC4CCCO4)n3)CC2)c1. The Balaban J connectivity index is 1.34. The number of piperazine rings is 1. The maximum Gasteiger partial charge on any atom is 0.224 e. The van der Waals surface area contributed by atoms with Crippen molar-refractivity contribution >= 4 is 29.1 Å². The van der Waals surface area contributed by atoms with Crippen LogP contribution in [0.25, 0.3) is 0 Å². The van der Waals surface area contributed by atoms with Crippen molar-refractivity contribution in [1.29, 1.82) is 0 Å². The van der Waals surface area contributed by atoms with E-state index >= 15 is 0 Å². The first kappa shape index (κ1) is 17.4. The molecule has 0 radical (unpaired) electrons. The van der Waals surface area contributed by atoms with Crippen molar-refractivity contribution in [1.82, 2.24) is 9.97 Å². The lowest BCUT2D eigenvalue weighted by molar-refractivity contribution is 0.120. The molecule has 2 aromatic rings. The lowest BCUT2D eigenvalue weighted by Crippen LogP contribution is -2.46. The van der Waals surface area contributed by atoms with Crippen LogP contribution in [0.5, 0.6) is 0 Å². The fourth-order valence-corrected chi connectivity index (χ4v) is 3.67. The zero-order valence-corrected chi connectivity index (χ0v) is 15.5. The summed E-state index contributed by atoms with van der Waals surface area (Å²) in [5.74, 6) is 1.65. The fourth-order valence-electron chi connectivity index (χ4n) is 3.49. The van der Waals surface area contributed by atoms with Crippen LogP contribution in [0.15, 0.2) is 36.5 Å². The number of halogens is 1. The van der Waals surface area contributed by atoms with E-state index in [1.807, 2.05) is 30.5 Å². The molecule has 0 aliphatic carbocycles. The van der Waals surface area contributed by atoms with Crippen LogP contribution in [0.1, 0.15) is 12.8 Å². The highest BCUT2D eigenvalue weighted by Crippen LogP contribution is 2.22. The number of nitrogens with zero attached hydrogens (tertiary/aromatic N) is 4. The molecular formula is C19H24ClN5O. The minimum Gasteiger partial charge on any atom is -0.376 e. The molecule has 26 heavy (non-hydrogen) atoms. The Morgan fingerprint density at radius 3 is 2.77 bits per heavy atom. The van der Waals surface area contributed by atoms with Gasteiger partial charge in [0.1, 0.15) is 5.82 Å². The molecule has 0 saturated carbocycles. The molecule has 2 aliphatic heterocycles. The molecule has 3 heterocycles. The van der Waals surface area contributed by atoms with Crippen molar-refractivity contribution in [2.75, 3.05) is 54.4 Å². The van der Waals surface area contributed by atoms with E-state index in [0.717, 1.165) is 63.0 Å². The quantitative estimate of drug-likeness (QED) is 0.869. The predicted octanol–water partition coefficient (Wildman–Crippen LogP) is 3.05. The van der Waals surface area contributed by atoms with E-state index in [1.54, 1.807) is 0 Å². The van der Waals surface area contributed by atoms with Crippen LogP contribution in [0.4, 0.5) is 17.5 Å². The summed E-state index contributed by atoms with van der Waals surface area (Å²) in [7, 11) is 0. The molecule has 0 amide bonds. The Labute approximate surface area is 159 Å². The van der Waals surface area contributed by atoms with Crippen molar-refractivity contribution in [3.63, 3.8) is 0 Å². The molecule has 6 nitrogen and oxygen atoms in total. The normalized spacial score (nSPS) is 20.4. The fraction of sp³-hybridized carbons (Fsp3) is 0.474. The monoisotopic (exact) mass is 373 g/mol. The zero-order valence-electron chi connectivity index (χ0n) is 14.8. The van der Waals surface area contributed by atoms with Crippen LogP contribution in [0.3, 0.4) is 0 Å². The summed E-state index contributed by atoms with van der Waals surface area (Å²) in [4.78, 5) is 13.7. The Morgan fingerprint density at radius 1 is 1.15 bits per heavy atom. The van der Waals surface area contributed by atoms with Crippen LogP contribution < -0.4 is 15.1 Å². The summed E-state index contributed by atoms with van der Waals surface area (Å²) < 4.78 is 5.64. The van der Waals surface area contributed by atoms with E-state index in [-0.39, 0.29) is 6.10 Å². The molecule has 2 fully saturated rings. The number of ether oxygens (including phenoxy) is 1. The standard InChI is InChI=1S/C19H24ClN5O/c20-15-3-1-4-16(13-15)24-8-10-25(11-9-24)18-6-7-21-19(23-18)22-14-17-5-2-12-26-17/h1,3-4,6-7,13,17H,2,5,8-12,14H2,(H,21,22,23). The van der Waals surface area contributed by atoms with Crippen LogP contribution in [0.2, 0.25) is 5.02 Å².